The Morgan fingerprint density at radius 1 is 1.04 bits per heavy atom. The molecule has 0 bridgehead atoms. The number of rotatable bonds is 6. The molecule has 130 valence electrons. The van der Waals surface area contributed by atoms with Crippen LogP contribution < -0.4 is 4.74 Å². The van der Waals surface area contributed by atoms with Crippen molar-refractivity contribution in [3.05, 3.63) is 65.5 Å². The molecule has 0 fully saturated rings. The van der Waals surface area contributed by atoms with Gasteiger partial charge in [-0.05, 0) is 50.1 Å². The Hall–Kier alpha value is -2.66. The minimum Gasteiger partial charge on any atom is -0.491 e. The standard InChI is InChI=1S/C20H22N2O3/c1-13(2)24-17-11-10-16(12-14(17)3)19-21-20(25-22-19)18(23-4)15-8-6-5-7-9-15/h5-13,18H,1-4H3. The molecule has 1 aromatic heterocycles. The molecule has 0 aliphatic heterocycles. The fourth-order valence-corrected chi connectivity index (χ4v) is 2.64. The predicted molar refractivity (Wildman–Crippen MR) is 95.5 cm³/mol. The lowest BCUT2D eigenvalue weighted by Crippen LogP contribution is -2.06. The monoisotopic (exact) mass is 338 g/mol. The summed E-state index contributed by atoms with van der Waals surface area (Å²) in [5.74, 6) is 1.83. The highest BCUT2D eigenvalue weighted by atomic mass is 16.5. The van der Waals surface area contributed by atoms with Gasteiger partial charge in [-0.25, -0.2) is 0 Å². The summed E-state index contributed by atoms with van der Waals surface area (Å²) in [6, 6.07) is 15.7. The third-order valence-electron chi connectivity index (χ3n) is 3.80. The zero-order valence-corrected chi connectivity index (χ0v) is 14.9. The predicted octanol–water partition coefficient (Wildman–Crippen LogP) is 4.57. The van der Waals surface area contributed by atoms with Crippen LogP contribution >= 0.6 is 0 Å². The van der Waals surface area contributed by atoms with Gasteiger partial charge < -0.3 is 14.0 Å². The molecular weight excluding hydrogens is 316 g/mol. The van der Waals surface area contributed by atoms with Gasteiger partial charge in [0.15, 0.2) is 6.10 Å². The maximum absolute atomic E-state index is 5.77. The highest BCUT2D eigenvalue weighted by Crippen LogP contribution is 2.28. The molecule has 0 aliphatic rings. The van der Waals surface area contributed by atoms with Gasteiger partial charge in [0.2, 0.25) is 5.82 Å². The van der Waals surface area contributed by atoms with Gasteiger partial charge in [-0.15, -0.1) is 0 Å². The summed E-state index contributed by atoms with van der Waals surface area (Å²) in [6.07, 6.45) is -0.248. The molecule has 0 amide bonds. The second-order valence-corrected chi connectivity index (χ2v) is 6.13. The van der Waals surface area contributed by atoms with E-state index in [9.17, 15) is 0 Å². The van der Waals surface area contributed by atoms with Gasteiger partial charge >= 0.3 is 0 Å². The van der Waals surface area contributed by atoms with Crippen LogP contribution in [0.15, 0.2) is 53.1 Å². The summed E-state index contributed by atoms with van der Waals surface area (Å²) >= 11 is 0. The van der Waals surface area contributed by atoms with Crippen molar-refractivity contribution >= 4 is 0 Å². The molecule has 3 rings (SSSR count). The highest BCUT2D eigenvalue weighted by molar-refractivity contribution is 5.58. The van der Waals surface area contributed by atoms with Crippen molar-refractivity contribution in [1.82, 2.24) is 10.1 Å². The van der Waals surface area contributed by atoms with Gasteiger partial charge in [0.25, 0.3) is 5.89 Å². The third kappa shape index (κ3) is 3.88. The summed E-state index contributed by atoms with van der Waals surface area (Å²) in [6.45, 7) is 6.02. The topological polar surface area (TPSA) is 57.4 Å². The normalized spacial score (nSPS) is 12.4. The fourth-order valence-electron chi connectivity index (χ4n) is 2.64. The number of benzene rings is 2. The number of aryl methyl sites for hydroxylation is 1. The minimum atomic E-state index is -0.382. The van der Waals surface area contributed by atoms with Gasteiger partial charge in [-0.3, -0.25) is 0 Å². The zero-order chi connectivity index (χ0) is 17.8. The van der Waals surface area contributed by atoms with Crippen molar-refractivity contribution in [3.8, 4) is 17.1 Å². The van der Waals surface area contributed by atoms with Crippen molar-refractivity contribution in [2.75, 3.05) is 7.11 Å². The molecular formula is C20H22N2O3. The van der Waals surface area contributed by atoms with E-state index >= 15 is 0 Å². The second kappa shape index (κ2) is 7.49. The van der Waals surface area contributed by atoms with E-state index in [2.05, 4.69) is 10.1 Å². The molecule has 5 nitrogen and oxygen atoms in total. The molecule has 25 heavy (non-hydrogen) atoms. The minimum absolute atomic E-state index is 0.134. The van der Waals surface area contributed by atoms with Crippen LogP contribution in [-0.2, 0) is 4.74 Å². The van der Waals surface area contributed by atoms with Gasteiger partial charge in [-0.2, -0.15) is 4.98 Å². The molecule has 0 aliphatic carbocycles. The Kier molecular flexibility index (Phi) is 5.14. The van der Waals surface area contributed by atoms with Crippen LogP contribution in [0.1, 0.15) is 37.0 Å². The van der Waals surface area contributed by atoms with E-state index in [-0.39, 0.29) is 12.2 Å². The summed E-state index contributed by atoms with van der Waals surface area (Å²) in [7, 11) is 1.63. The Morgan fingerprint density at radius 3 is 2.44 bits per heavy atom. The Labute approximate surface area is 147 Å². The van der Waals surface area contributed by atoms with Crippen LogP contribution in [0.25, 0.3) is 11.4 Å². The quantitative estimate of drug-likeness (QED) is 0.659. The maximum Gasteiger partial charge on any atom is 0.260 e. The first-order chi connectivity index (χ1) is 12.1. The molecule has 0 spiro atoms. The first-order valence-corrected chi connectivity index (χ1v) is 8.27. The Balaban J connectivity index is 1.87. The summed E-state index contributed by atoms with van der Waals surface area (Å²) in [4.78, 5) is 4.52. The van der Waals surface area contributed by atoms with Crippen molar-refractivity contribution < 1.29 is 14.0 Å². The van der Waals surface area contributed by atoms with Gasteiger partial charge in [0.1, 0.15) is 5.75 Å². The van der Waals surface area contributed by atoms with Crippen LogP contribution in [0, 0.1) is 6.92 Å². The number of hydrogen-bond acceptors (Lipinski definition) is 5. The average Bonchev–Trinajstić information content (AvgIpc) is 3.08. The van der Waals surface area contributed by atoms with Crippen LogP contribution in [0.2, 0.25) is 0 Å². The summed E-state index contributed by atoms with van der Waals surface area (Å²) in [5, 5.41) is 4.11. The Morgan fingerprint density at radius 2 is 1.80 bits per heavy atom. The zero-order valence-electron chi connectivity index (χ0n) is 14.9. The molecule has 3 aromatic rings. The average molecular weight is 338 g/mol. The van der Waals surface area contributed by atoms with E-state index < -0.39 is 0 Å². The fraction of sp³-hybridized carbons (Fsp3) is 0.300. The maximum atomic E-state index is 5.77. The van der Waals surface area contributed by atoms with E-state index in [4.69, 9.17) is 14.0 Å². The second-order valence-electron chi connectivity index (χ2n) is 6.13. The molecule has 5 heteroatoms. The molecule has 1 unspecified atom stereocenters. The molecule has 0 saturated carbocycles. The molecule has 0 radical (unpaired) electrons. The van der Waals surface area contributed by atoms with Crippen molar-refractivity contribution in [3.63, 3.8) is 0 Å². The van der Waals surface area contributed by atoms with E-state index in [0.717, 1.165) is 22.4 Å². The largest absolute Gasteiger partial charge is 0.491 e. The lowest BCUT2D eigenvalue weighted by atomic mass is 10.1. The van der Waals surface area contributed by atoms with Crippen molar-refractivity contribution in [2.24, 2.45) is 0 Å². The van der Waals surface area contributed by atoms with Crippen LogP contribution in [0.3, 0.4) is 0 Å². The molecule has 0 N–H and O–H groups in total. The molecule has 2 aromatic carbocycles. The lowest BCUT2D eigenvalue weighted by molar-refractivity contribution is 0.105. The summed E-state index contributed by atoms with van der Waals surface area (Å²) < 4.78 is 16.8. The van der Waals surface area contributed by atoms with E-state index in [1.807, 2.05) is 69.3 Å². The first kappa shape index (κ1) is 17.2. The molecule has 1 heterocycles. The lowest BCUT2D eigenvalue weighted by Gasteiger charge is -2.12. The Bertz CT molecular complexity index is 828. The number of nitrogens with zero attached hydrogens (tertiary/aromatic N) is 2. The molecule has 1 atom stereocenters. The van der Waals surface area contributed by atoms with E-state index in [0.29, 0.717) is 11.7 Å². The number of hydrogen-bond donors (Lipinski definition) is 0. The van der Waals surface area contributed by atoms with Gasteiger partial charge in [0.05, 0.1) is 6.10 Å². The first-order valence-electron chi connectivity index (χ1n) is 8.27. The smallest absolute Gasteiger partial charge is 0.260 e. The molecule has 0 saturated heterocycles. The van der Waals surface area contributed by atoms with Crippen LogP contribution in [-0.4, -0.2) is 23.4 Å². The van der Waals surface area contributed by atoms with Gasteiger partial charge in [-0.1, -0.05) is 35.5 Å². The summed E-state index contributed by atoms with van der Waals surface area (Å²) in [5.41, 5.74) is 2.88. The van der Waals surface area contributed by atoms with Crippen molar-refractivity contribution in [2.45, 2.75) is 33.0 Å². The van der Waals surface area contributed by atoms with Crippen LogP contribution in [0.5, 0.6) is 5.75 Å². The van der Waals surface area contributed by atoms with Crippen molar-refractivity contribution in [1.29, 1.82) is 0 Å². The number of ether oxygens (including phenoxy) is 2. The number of aromatic nitrogens is 2. The SMILES string of the molecule is COC(c1ccccc1)c1nc(-c2ccc(OC(C)C)c(C)c2)no1. The third-order valence-corrected chi connectivity index (χ3v) is 3.80. The van der Waals surface area contributed by atoms with Crippen LogP contribution in [0.4, 0.5) is 0 Å². The van der Waals surface area contributed by atoms with E-state index in [1.165, 1.54) is 0 Å². The van der Waals surface area contributed by atoms with E-state index in [1.54, 1.807) is 7.11 Å². The highest BCUT2D eigenvalue weighted by Gasteiger charge is 2.21. The number of methoxy groups -OCH3 is 1. The van der Waals surface area contributed by atoms with Gasteiger partial charge in [0, 0.05) is 12.7 Å².